The molecule has 0 radical (unpaired) electrons. The van der Waals surface area contributed by atoms with Crippen molar-refractivity contribution in [2.24, 2.45) is 13.0 Å². The molecule has 2 aliphatic heterocycles. The summed E-state index contributed by atoms with van der Waals surface area (Å²) in [5, 5.41) is 14.7. The van der Waals surface area contributed by atoms with Crippen LogP contribution in [0.5, 0.6) is 0 Å². The predicted octanol–water partition coefficient (Wildman–Crippen LogP) is 5.10. The number of carbonyl (C=O) groups excluding carboxylic acids is 2. The summed E-state index contributed by atoms with van der Waals surface area (Å²) in [6.45, 7) is 4.87. The second-order valence-electron chi connectivity index (χ2n) is 9.98. The molecule has 2 amide bonds. The fourth-order valence-electron chi connectivity index (χ4n) is 5.18. The van der Waals surface area contributed by atoms with Gasteiger partial charge < -0.3 is 20.9 Å². The standard InChI is InChI=1S/C28H33ClN6O2.ClH/c1-18-13-20(15-31-26(36)8-4-19-9-11-30-12-10-19)3-6-23(18)28(37)35-17-21-16-32-34(2)27(21)33-24-14-22(29)5-7-25(24)35;/h3,5-7,13-14,16,19,30,33H,4,8-12,15,17H2,1-2H3,(H,31,36);1H. The molecule has 3 N–H and O–H groups in total. The van der Waals surface area contributed by atoms with Gasteiger partial charge in [-0.25, -0.2) is 0 Å². The zero-order chi connectivity index (χ0) is 25.9. The number of carbonyl (C=O) groups is 2. The monoisotopic (exact) mass is 556 g/mol. The first-order valence-electron chi connectivity index (χ1n) is 12.9. The number of hydrogen-bond donors (Lipinski definition) is 3. The van der Waals surface area contributed by atoms with Crippen molar-refractivity contribution in [3.8, 4) is 0 Å². The summed E-state index contributed by atoms with van der Waals surface area (Å²) in [7, 11) is 1.86. The highest BCUT2D eigenvalue weighted by atomic mass is 35.5. The van der Waals surface area contributed by atoms with Crippen LogP contribution in [0.3, 0.4) is 0 Å². The smallest absolute Gasteiger partial charge is 0.258 e. The molecule has 1 fully saturated rings. The average molecular weight is 558 g/mol. The molecule has 2 aliphatic rings. The number of piperidine rings is 1. The number of anilines is 3. The van der Waals surface area contributed by atoms with E-state index in [2.05, 4.69) is 21.0 Å². The van der Waals surface area contributed by atoms with Gasteiger partial charge in [0, 0.05) is 36.2 Å². The van der Waals surface area contributed by atoms with Gasteiger partial charge in [0.1, 0.15) is 5.82 Å². The highest BCUT2D eigenvalue weighted by molar-refractivity contribution is 6.31. The molecule has 0 unspecified atom stereocenters. The molecule has 38 heavy (non-hydrogen) atoms. The van der Waals surface area contributed by atoms with E-state index in [9.17, 15) is 9.59 Å². The van der Waals surface area contributed by atoms with E-state index in [1.165, 1.54) is 0 Å². The Balaban J connectivity index is 0.00000336. The van der Waals surface area contributed by atoms with Gasteiger partial charge in [0.25, 0.3) is 5.91 Å². The maximum absolute atomic E-state index is 13.8. The SMILES string of the molecule is Cc1cc(CNC(=O)CCC2CCNCC2)ccc1C(=O)N1Cc2cnn(C)c2Nc2cc(Cl)ccc21.Cl. The third-order valence-electron chi connectivity index (χ3n) is 7.34. The number of fused-ring (bicyclic) bond motifs is 2. The van der Waals surface area contributed by atoms with Crippen LogP contribution in [0.2, 0.25) is 5.02 Å². The van der Waals surface area contributed by atoms with Gasteiger partial charge in [-0.15, -0.1) is 12.4 Å². The van der Waals surface area contributed by atoms with Gasteiger partial charge >= 0.3 is 0 Å². The number of hydrogen-bond acceptors (Lipinski definition) is 5. The van der Waals surface area contributed by atoms with Crippen LogP contribution in [-0.2, 0) is 24.9 Å². The van der Waals surface area contributed by atoms with Crippen molar-refractivity contribution in [1.29, 1.82) is 0 Å². The summed E-state index contributed by atoms with van der Waals surface area (Å²) < 4.78 is 1.76. The lowest BCUT2D eigenvalue weighted by Crippen LogP contribution is -2.30. The average Bonchev–Trinajstić information content (AvgIpc) is 3.14. The van der Waals surface area contributed by atoms with Gasteiger partial charge in [-0.2, -0.15) is 5.10 Å². The van der Waals surface area contributed by atoms with E-state index in [0.29, 0.717) is 36.0 Å². The summed E-state index contributed by atoms with van der Waals surface area (Å²) in [4.78, 5) is 28.0. The molecule has 2 aromatic carbocycles. The Morgan fingerprint density at radius 2 is 1.95 bits per heavy atom. The topological polar surface area (TPSA) is 91.3 Å². The minimum atomic E-state index is -0.0999. The molecule has 0 bridgehead atoms. The van der Waals surface area contributed by atoms with Gasteiger partial charge in [0.15, 0.2) is 0 Å². The Hall–Kier alpha value is -3.07. The third kappa shape index (κ3) is 6.14. The van der Waals surface area contributed by atoms with Crippen molar-refractivity contribution in [3.63, 3.8) is 0 Å². The number of nitrogens with zero attached hydrogens (tertiary/aromatic N) is 3. The van der Waals surface area contributed by atoms with E-state index in [1.54, 1.807) is 21.8 Å². The molecule has 0 saturated carbocycles. The number of rotatable bonds is 6. The van der Waals surface area contributed by atoms with Crippen LogP contribution in [0.25, 0.3) is 0 Å². The second kappa shape index (κ2) is 12.2. The van der Waals surface area contributed by atoms with Gasteiger partial charge in [-0.1, -0.05) is 23.7 Å². The van der Waals surface area contributed by atoms with Crippen LogP contribution in [0.1, 0.15) is 52.7 Å². The summed E-state index contributed by atoms with van der Waals surface area (Å²) in [5.74, 6) is 1.45. The summed E-state index contributed by atoms with van der Waals surface area (Å²) in [6, 6.07) is 11.2. The van der Waals surface area contributed by atoms with Crippen LogP contribution in [-0.4, -0.2) is 34.7 Å². The first-order chi connectivity index (χ1) is 17.9. The molecule has 3 heterocycles. The number of aromatic nitrogens is 2. The Labute approximate surface area is 234 Å². The zero-order valence-electron chi connectivity index (χ0n) is 21.7. The number of benzene rings is 2. The molecule has 202 valence electrons. The molecule has 0 spiro atoms. The van der Waals surface area contributed by atoms with Crippen molar-refractivity contribution < 1.29 is 9.59 Å². The Kier molecular flexibility index (Phi) is 8.97. The fraction of sp³-hybridized carbons (Fsp3) is 0.393. The van der Waals surface area contributed by atoms with Crippen molar-refractivity contribution in [2.75, 3.05) is 23.3 Å². The van der Waals surface area contributed by atoms with Gasteiger partial charge in [-0.05, 0) is 80.6 Å². The van der Waals surface area contributed by atoms with E-state index in [0.717, 1.165) is 66.2 Å². The molecule has 5 rings (SSSR count). The van der Waals surface area contributed by atoms with Crippen molar-refractivity contribution in [3.05, 3.63) is 69.9 Å². The lowest BCUT2D eigenvalue weighted by atomic mass is 9.93. The van der Waals surface area contributed by atoms with Crippen molar-refractivity contribution >= 4 is 53.0 Å². The molecule has 3 aromatic rings. The van der Waals surface area contributed by atoms with E-state index < -0.39 is 0 Å². The molecular formula is C28H34Cl2N6O2. The minimum absolute atomic E-state index is 0. The second-order valence-corrected chi connectivity index (χ2v) is 10.4. The van der Waals surface area contributed by atoms with E-state index in [4.69, 9.17) is 11.6 Å². The van der Waals surface area contributed by atoms with Crippen molar-refractivity contribution in [2.45, 2.75) is 45.7 Å². The van der Waals surface area contributed by atoms with Crippen LogP contribution in [0.15, 0.2) is 42.6 Å². The fourth-order valence-corrected chi connectivity index (χ4v) is 5.36. The van der Waals surface area contributed by atoms with E-state index >= 15 is 0 Å². The Bertz CT molecular complexity index is 1320. The molecule has 10 heteroatoms. The maximum Gasteiger partial charge on any atom is 0.258 e. The van der Waals surface area contributed by atoms with Crippen LogP contribution < -0.4 is 20.9 Å². The Morgan fingerprint density at radius 1 is 1.16 bits per heavy atom. The first kappa shape index (κ1) is 28.0. The quantitative estimate of drug-likeness (QED) is 0.392. The van der Waals surface area contributed by atoms with Crippen LogP contribution >= 0.6 is 24.0 Å². The highest BCUT2D eigenvalue weighted by Gasteiger charge is 2.28. The van der Waals surface area contributed by atoms with Crippen molar-refractivity contribution in [1.82, 2.24) is 20.4 Å². The normalized spacial score (nSPS) is 15.0. The first-order valence-corrected chi connectivity index (χ1v) is 13.2. The zero-order valence-corrected chi connectivity index (χ0v) is 23.3. The molecule has 1 aromatic heterocycles. The summed E-state index contributed by atoms with van der Waals surface area (Å²) in [6.07, 6.45) is 5.57. The lowest BCUT2D eigenvalue weighted by Gasteiger charge is -2.24. The van der Waals surface area contributed by atoms with Crippen LogP contribution in [0.4, 0.5) is 17.2 Å². The number of amides is 2. The number of aryl methyl sites for hydroxylation is 2. The highest BCUT2D eigenvalue weighted by Crippen LogP contribution is 2.38. The maximum atomic E-state index is 13.8. The van der Waals surface area contributed by atoms with Gasteiger partial charge in [0.05, 0.1) is 24.1 Å². The van der Waals surface area contributed by atoms with E-state index in [1.807, 2.05) is 44.3 Å². The van der Waals surface area contributed by atoms with E-state index in [-0.39, 0.29) is 24.2 Å². The van der Waals surface area contributed by atoms with Gasteiger partial charge in [0.2, 0.25) is 5.91 Å². The largest absolute Gasteiger partial charge is 0.352 e. The summed E-state index contributed by atoms with van der Waals surface area (Å²) >= 11 is 6.27. The number of nitrogens with one attached hydrogen (secondary N) is 3. The molecule has 0 atom stereocenters. The van der Waals surface area contributed by atoms with Gasteiger partial charge in [-0.3, -0.25) is 14.3 Å². The third-order valence-corrected chi connectivity index (χ3v) is 7.58. The predicted molar refractivity (Wildman–Crippen MR) is 154 cm³/mol. The van der Waals surface area contributed by atoms with Crippen LogP contribution in [0, 0.1) is 12.8 Å². The molecular weight excluding hydrogens is 523 g/mol. The lowest BCUT2D eigenvalue weighted by molar-refractivity contribution is -0.121. The number of halogens is 2. The Morgan fingerprint density at radius 3 is 2.71 bits per heavy atom. The minimum Gasteiger partial charge on any atom is -0.352 e. The molecule has 8 nitrogen and oxygen atoms in total. The molecule has 1 saturated heterocycles. The molecule has 0 aliphatic carbocycles. The summed E-state index contributed by atoms with van der Waals surface area (Å²) in [5.41, 5.74) is 4.90.